The number of imidazole rings is 1. The number of hydrogen-bond acceptors (Lipinski definition) is 4. The highest BCUT2D eigenvalue weighted by atomic mass is 19.1. The molecule has 0 aliphatic carbocycles. The Morgan fingerprint density at radius 3 is 2.51 bits per heavy atom. The van der Waals surface area contributed by atoms with Crippen molar-refractivity contribution in [3.05, 3.63) is 88.9 Å². The van der Waals surface area contributed by atoms with Crippen molar-refractivity contribution >= 4 is 17.4 Å². The molecule has 210 valence electrons. The number of carbonyl (C=O) groups excluding carboxylic acids is 2. The highest BCUT2D eigenvalue weighted by Gasteiger charge is 2.17. The van der Waals surface area contributed by atoms with Crippen molar-refractivity contribution in [3.63, 3.8) is 0 Å². The van der Waals surface area contributed by atoms with Crippen LogP contribution in [-0.2, 0) is 29.6 Å². The monoisotopic (exact) mass is 534 g/mol. The molecule has 0 bridgehead atoms. The largest absolute Gasteiger partial charge is 0.347 e. The molecule has 3 rings (SSSR count). The van der Waals surface area contributed by atoms with Crippen LogP contribution in [0.3, 0.4) is 0 Å². The van der Waals surface area contributed by atoms with Crippen LogP contribution in [0.4, 0.5) is 4.39 Å². The Morgan fingerprint density at radius 1 is 1.21 bits per heavy atom. The van der Waals surface area contributed by atoms with E-state index in [-0.39, 0.29) is 23.4 Å². The summed E-state index contributed by atoms with van der Waals surface area (Å²) in [6.07, 6.45) is 12.3. The van der Waals surface area contributed by atoms with Gasteiger partial charge in [-0.3, -0.25) is 14.6 Å². The average Bonchev–Trinajstić information content (AvgIpc) is 3.29. The fourth-order valence-corrected chi connectivity index (χ4v) is 3.93. The Labute approximate surface area is 232 Å². The van der Waals surface area contributed by atoms with Crippen LogP contribution < -0.4 is 5.32 Å². The number of allylic oxidation sites excluding steroid dienone is 5. The highest BCUT2D eigenvalue weighted by Crippen LogP contribution is 2.20. The smallest absolute Gasteiger partial charge is 0.247 e. The summed E-state index contributed by atoms with van der Waals surface area (Å²) in [5.41, 5.74) is 4.75. The van der Waals surface area contributed by atoms with E-state index in [4.69, 9.17) is 0 Å². The summed E-state index contributed by atoms with van der Waals surface area (Å²) in [5.74, 6) is 1.00. The standard InChI is InChI=1S/C19H24N4O2.C13H19F/c1-13-8-9-18(15(3)24)22-14(2)6-5-7-17(13)19(25)21-11-16-10-20-12-23(16)4;1-9(2)10(3)7-12-5-6-13(14)11(4)8-12/h5-7,9-10,12-13H,8,11H2,1-4H3,(H,21,25);5-6,8-10H,7H2,1-4H3/b6-5-,17-7+,18-9-,22-14-;. The van der Waals surface area contributed by atoms with Crippen LogP contribution in [0.15, 0.2) is 71.3 Å². The molecule has 2 atom stereocenters. The Hall–Kier alpha value is -3.61. The third-order valence-electron chi connectivity index (χ3n) is 6.99. The molecule has 2 heterocycles. The van der Waals surface area contributed by atoms with Crippen LogP contribution in [0.1, 0.15) is 64.8 Å². The van der Waals surface area contributed by atoms with Crippen LogP contribution in [0.2, 0.25) is 0 Å². The van der Waals surface area contributed by atoms with Gasteiger partial charge >= 0.3 is 0 Å². The minimum absolute atomic E-state index is 0.0286. The molecule has 0 saturated carbocycles. The molecule has 1 amide bonds. The lowest BCUT2D eigenvalue weighted by Crippen LogP contribution is -2.28. The molecular weight excluding hydrogens is 491 g/mol. The molecule has 1 aromatic carbocycles. The maximum absolute atomic E-state index is 13.0. The number of benzene rings is 1. The lowest BCUT2D eigenvalue weighted by atomic mass is 9.90. The number of hydrogen-bond donors (Lipinski definition) is 1. The second-order valence-electron chi connectivity index (χ2n) is 10.7. The van der Waals surface area contributed by atoms with Crippen molar-refractivity contribution in [1.82, 2.24) is 14.9 Å². The normalized spacial score (nSPS) is 21.2. The molecule has 1 aliphatic rings. The Bertz CT molecular complexity index is 1270. The average molecular weight is 535 g/mol. The molecule has 0 saturated heterocycles. The zero-order valence-corrected chi connectivity index (χ0v) is 24.6. The topological polar surface area (TPSA) is 76.3 Å². The predicted molar refractivity (Wildman–Crippen MR) is 157 cm³/mol. The lowest BCUT2D eigenvalue weighted by molar-refractivity contribution is -0.118. The Balaban J connectivity index is 0.000000322. The van der Waals surface area contributed by atoms with Gasteiger partial charge in [0.2, 0.25) is 5.91 Å². The van der Waals surface area contributed by atoms with E-state index in [1.54, 1.807) is 36.8 Å². The number of nitrogens with zero attached hydrogens (tertiary/aromatic N) is 3. The third-order valence-corrected chi connectivity index (χ3v) is 6.99. The second kappa shape index (κ2) is 15.1. The number of ketones is 1. The maximum atomic E-state index is 13.0. The van der Waals surface area contributed by atoms with Gasteiger partial charge < -0.3 is 9.88 Å². The molecule has 1 aromatic heterocycles. The number of amides is 1. The zero-order valence-electron chi connectivity index (χ0n) is 24.6. The van der Waals surface area contributed by atoms with Gasteiger partial charge in [-0.15, -0.1) is 0 Å². The van der Waals surface area contributed by atoms with Crippen LogP contribution in [0.5, 0.6) is 0 Å². The van der Waals surface area contributed by atoms with Crippen LogP contribution in [0.25, 0.3) is 0 Å². The number of Topliss-reactive ketones (excluding diaryl/α,β-unsaturated/α-hetero) is 1. The van der Waals surface area contributed by atoms with Gasteiger partial charge in [0.15, 0.2) is 5.78 Å². The summed E-state index contributed by atoms with van der Waals surface area (Å²) in [6.45, 7) is 14.2. The van der Waals surface area contributed by atoms with E-state index in [9.17, 15) is 14.0 Å². The fourth-order valence-electron chi connectivity index (χ4n) is 3.93. The number of aliphatic imine (C=N–C) groups is 1. The summed E-state index contributed by atoms with van der Waals surface area (Å²) in [5, 5.41) is 2.94. The van der Waals surface area contributed by atoms with Gasteiger partial charge in [0.1, 0.15) is 11.5 Å². The molecule has 2 unspecified atom stereocenters. The molecule has 0 radical (unpaired) electrons. The van der Waals surface area contributed by atoms with Gasteiger partial charge in [0, 0.05) is 31.5 Å². The predicted octanol–water partition coefficient (Wildman–Crippen LogP) is 6.46. The lowest BCUT2D eigenvalue weighted by Gasteiger charge is -2.15. The first-order valence-corrected chi connectivity index (χ1v) is 13.5. The molecule has 2 aromatic rings. The number of rotatable bonds is 7. The van der Waals surface area contributed by atoms with Crippen LogP contribution in [0, 0.1) is 30.5 Å². The highest BCUT2D eigenvalue weighted by molar-refractivity contribution is 6.01. The van der Waals surface area contributed by atoms with Crippen LogP contribution >= 0.6 is 0 Å². The number of carbonyl (C=O) groups is 2. The van der Waals surface area contributed by atoms with Gasteiger partial charge in [-0.1, -0.05) is 58.1 Å². The summed E-state index contributed by atoms with van der Waals surface area (Å²) in [6, 6.07) is 5.41. The van der Waals surface area contributed by atoms with E-state index in [0.29, 0.717) is 36.1 Å². The maximum Gasteiger partial charge on any atom is 0.247 e. The van der Waals surface area contributed by atoms with E-state index in [1.807, 2.05) is 50.6 Å². The first-order valence-electron chi connectivity index (χ1n) is 13.5. The van der Waals surface area contributed by atoms with Gasteiger partial charge in [-0.25, -0.2) is 9.37 Å². The first-order chi connectivity index (χ1) is 18.4. The Morgan fingerprint density at radius 2 is 1.92 bits per heavy atom. The summed E-state index contributed by atoms with van der Waals surface area (Å²) in [7, 11) is 1.89. The molecule has 7 heteroatoms. The molecular formula is C32H43FN4O2. The van der Waals surface area contributed by atoms with E-state index in [2.05, 4.69) is 36.1 Å². The quantitative estimate of drug-likeness (QED) is 0.443. The second-order valence-corrected chi connectivity index (χ2v) is 10.7. The molecule has 39 heavy (non-hydrogen) atoms. The van der Waals surface area contributed by atoms with Crippen molar-refractivity contribution in [3.8, 4) is 0 Å². The molecule has 6 nitrogen and oxygen atoms in total. The van der Waals surface area contributed by atoms with Crippen molar-refractivity contribution in [2.24, 2.45) is 29.8 Å². The van der Waals surface area contributed by atoms with E-state index in [0.717, 1.165) is 23.4 Å². The van der Waals surface area contributed by atoms with Gasteiger partial charge in [0.05, 0.1) is 18.6 Å². The molecule has 1 N–H and O–H groups in total. The summed E-state index contributed by atoms with van der Waals surface area (Å²) < 4.78 is 14.9. The van der Waals surface area contributed by atoms with E-state index in [1.165, 1.54) is 12.5 Å². The van der Waals surface area contributed by atoms with Gasteiger partial charge in [-0.05, 0) is 67.7 Å². The van der Waals surface area contributed by atoms with Crippen molar-refractivity contribution in [1.29, 1.82) is 0 Å². The van der Waals surface area contributed by atoms with E-state index >= 15 is 0 Å². The molecule has 1 aliphatic heterocycles. The Kier molecular flexibility index (Phi) is 12.2. The minimum atomic E-state index is -0.119. The number of nitrogens with one attached hydrogen (secondary N) is 1. The first kappa shape index (κ1) is 31.6. The SMILES string of the molecule is CC(=O)C1=C\CC(C)\C(C(=O)NCc2cncn2C)=C/C=C\C(C)=N/1.Cc1cc(CC(C)C(C)C)ccc1F. The van der Waals surface area contributed by atoms with E-state index < -0.39 is 0 Å². The minimum Gasteiger partial charge on any atom is -0.347 e. The summed E-state index contributed by atoms with van der Waals surface area (Å²) >= 11 is 0. The van der Waals surface area contributed by atoms with Crippen molar-refractivity contribution in [2.45, 2.75) is 67.9 Å². The fraction of sp³-hybridized carbons (Fsp3) is 0.438. The molecule has 0 fully saturated rings. The zero-order chi connectivity index (χ0) is 29.1. The van der Waals surface area contributed by atoms with Crippen LogP contribution in [-0.4, -0.2) is 27.0 Å². The molecule has 0 spiro atoms. The number of aromatic nitrogens is 2. The van der Waals surface area contributed by atoms with Gasteiger partial charge in [0.25, 0.3) is 0 Å². The third kappa shape index (κ3) is 10.2. The van der Waals surface area contributed by atoms with Gasteiger partial charge in [-0.2, -0.15) is 0 Å². The van der Waals surface area contributed by atoms with Crippen molar-refractivity contribution < 1.29 is 14.0 Å². The van der Waals surface area contributed by atoms with Crippen molar-refractivity contribution in [2.75, 3.05) is 0 Å². The summed E-state index contributed by atoms with van der Waals surface area (Å²) in [4.78, 5) is 32.7. The number of halogens is 1. The number of aryl methyl sites for hydroxylation is 2.